The molecule has 5 nitrogen and oxygen atoms in total. The summed E-state index contributed by atoms with van der Waals surface area (Å²) in [4.78, 5) is 31.6. The molecule has 0 fully saturated rings. The molecule has 0 aliphatic rings. The van der Waals surface area contributed by atoms with Gasteiger partial charge in [0.05, 0.1) is 16.9 Å². The van der Waals surface area contributed by atoms with Gasteiger partial charge in [0, 0.05) is 22.7 Å². The van der Waals surface area contributed by atoms with Gasteiger partial charge >= 0.3 is 0 Å². The molecule has 0 bridgehead atoms. The van der Waals surface area contributed by atoms with E-state index in [4.69, 9.17) is 0 Å². The van der Waals surface area contributed by atoms with Crippen molar-refractivity contribution in [3.05, 3.63) is 69.3 Å². The minimum absolute atomic E-state index is 0.302. The first-order valence-corrected chi connectivity index (χ1v) is 7.34. The molecule has 3 rings (SSSR count). The Labute approximate surface area is 133 Å². The smallest absolute Gasteiger partial charge is 0.256 e. The fraction of sp³-hybridized carbons (Fsp3) is 0.167. The molecule has 1 amide bonds. The van der Waals surface area contributed by atoms with Crippen molar-refractivity contribution in [3.8, 4) is 0 Å². The number of pyridine rings is 2. The standard InChI is InChI=1S/C18H17N3O2/c1-10-8-11(2)19-12(3)17(10)21-18(23)14-9-16(22)20-15-7-5-4-6-13(14)15/h4-9H,1-3H3,(H,20,22)(H,21,23). The zero-order valence-corrected chi connectivity index (χ0v) is 13.2. The molecule has 2 N–H and O–H groups in total. The van der Waals surface area contributed by atoms with Crippen LogP contribution in [0.4, 0.5) is 5.69 Å². The van der Waals surface area contributed by atoms with E-state index in [1.807, 2.05) is 45.0 Å². The topological polar surface area (TPSA) is 74.8 Å². The van der Waals surface area contributed by atoms with E-state index in [0.717, 1.165) is 17.0 Å². The molecule has 23 heavy (non-hydrogen) atoms. The molecule has 116 valence electrons. The monoisotopic (exact) mass is 307 g/mol. The number of benzene rings is 1. The van der Waals surface area contributed by atoms with Gasteiger partial charge in [0.2, 0.25) is 5.56 Å². The average molecular weight is 307 g/mol. The molecule has 3 aromatic rings. The molecule has 0 saturated heterocycles. The largest absolute Gasteiger partial charge is 0.322 e. The highest BCUT2D eigenvalue weighted by atomic mass is 16.2. The quantitative estimate of drug-likeness (QED) is 0.764. The van der Waals surface area contributed by atoms with Crippen LogP contribution in [0.25, 0.3) is 10.9 Å². The van der Waals surface area contributed by atoms with Crippen LogP contribution in [0, 0.1) is 20.8 Å². The summed E-state index contributed by atoms with van der Waals surface area (Å²) in [6.07, 6.45) is 0. The van der Waals surface area contributed by atoms with Gasteiger partial charge in [-0.15, -0.1) is 0 Å². The summed E-state index contributed by atoms with van der Waals surface area (Å²) in [5.41, 5.74) is 3.97. The van der Waals surface area contributed by atoms with Crippen LogP contribution in [0.5, 0.6) is 0 Å². The van der Waals surface area contributed by atoms with Crippen LogP contribution in [0.1, 0.15) is 27.3 Å². The molecular formula is C18H17N3O2. The van der Waals surface area contributed by atoms with E-state index in [-0.39, 0.29) is 11.5 Å². The summed E-state index contributed by atoms with van der Waals surface area (Å²) in [6.45, 7) is 5.69. The van der Waals surface area contributed by atoms with Gasteiger partial charge < -0.3 is 10.3 Å². The summed E-state index contributed by atoms with van der Waals surface area (Å²) < 4.78 is 0. The second-order valence-electron chi connectivity index (χ2n) is 5.59. The molecule has 2 heterocycles. The molecular weight excluding hydrogens is 290 g/mol. The first kappa shape index (κ1) is 15.0. The number of carbonyl (C=O) groups excluding carboxylic acids is 1. The summed E-state index contributed by atoms with van der Waals surface area (Å²) in [6, 6.07) is 10.5. The fourth-order valence-electron chi connectivity index (χ4n) is 2.79. The van der Waals surface area contributed by atoms with Crippen molar-refractivity contribution < 1.29 is 4.79 Å². The van der Waals surface area contributed by atoms with Crippen molar-refractivity contribution in [2.24, 2.45) is 0 Å². The van der Waals surface area contributed by atoms with E-state index in [1.165, 1.54) is 6.07 Å². The van der Waals surface area contributed by atoms with Gasteiger partial charge in [0.15, 0.2) is 0 Å². The van der Waals surface area contributed by atoms with Gasteiger partial charge in [-0.2, -0.15) is 0 Å². The summed E-state index contributed by atoms with van der Waals surface area (Å²) in [7, 11) is 0. The molecule has 0 unspecified atom stereocenters. The Hall–Kier alpha value is -2.95. The van der Waals surface area contributed by atoms with Gasteiger partial charge in [-0.05, 0) is 38.5 Å². The van der Waals surface area contributed by atoms with E-state index in [2.05, 4.69) is 15.3 Å². The number of hydrogen-bond acceptors (Lipinski definition) is 3. The predicted molar refractivity (Wildman–Crippen MR) is 91.0 cm³/mol. The Bertz CT molecular complexity index is 950. The summed E-state index contributed by atoms with van der Waals surface area (Å²) in [5, 5.41) is 3.60. The number of para-hydroxylation sites is 1. The highest BCUT2D eigenvalue weighted by Gasteiger charge is 2.14. The van der Waals surface area contributed by atoms with E-state index >= 15 is 0 Å². The SMILES string of the molecule is Cc1cc(C)c(NC(=O)c2cc(=O)[nH]c3ccccc23)c(C)n1. The number of nitrogens with zero attached hydrogens (tertiary/aromatic N) is 1. The molecule has 0 spiro atoms. The lowest BCUT2D eigenvalue weighted by atomic mass is 10.1. The van der Waals surface area contributed by atoms with Gasteiger partial charge in [-0.25, -0.2) is 0 Å². The third-order valence-electron chi connectivity index (χ3n) is 3.76. The zero-order chi connectivity index (χ0) is 16.6. The Kier molecular flexibility index (Phi) is 3.70. The number of amides is 1. The average Bonchev–Trinajstić information content (AvgIpc) is 2.49. The maximum Gasteiger partial charge on any atom is 0.256 e. The third-order valence-corrected chi connectivity index (χ3v) is 3.76. The number of hydrogen-bond donors (Lipinski definition) is 2. The van der Waals surface area contributed by atoms with Crippen LogP contribution in [-0.4, -0.2) is 15.9 Å². The number of aromatic amines is 1. The number of fused-ring (bicyclic) bond motifs is 1. The zero-order valence-electron chi connectivity index (χ0n) is 13.2. The fourth-order valence-corrected chi connectivity index (χ4v) is 2.79. The Morgan fingerprint density at radius 1 is 1.13 bits per heavy atom. The van der Waals surface area contributed by atoms with Crippen LogP contribution >= 0.6 is 0 Å². The second-order valence-corrected chi connectivity index (χ2v) is 5.59. The first-order valence-electron chi connectivity index (χ1n) is 7.34. The molecule has 0 aliphatic carbocycles. The van der Waals surface area contributed by atoms with Gasteiger partial charge in [-0.1, -0.05) is 18.2 Å². The molecule has 0 saturated carbocycles. The number of nitrogens with one attached hydrogen (secondary N) is 2. The van der Waals surface area contributed by atoms with Crippen LogP contribution < -0.4 is 10.9 Å². The van der Waals surface area contributed by atoms with Crippen molar-refractivity contribution in [1.82, 2.24) is 9.97 Å². The Morgan fingerprint density at radius 2 is 1.87 bits per heavy atom. The van der Waals surface area contributed by atoms with Gasteiger partial charge in [-0.3, -0.25) is 14.6 Å². The lowest BCUT2D eigenvalue weighted by Gasteiger charge is -2.13. The number of rotatable bonds is 2. The maximum absolute atomic E-state index is 12.7. The van der Waals surface area contributed by atoms with Crippen molar-refractivity contribution in [2.45, 2.75) is 20.8 Å². The number of carbonyl (C=O) groups is 1. The van der Waals surface area contributed by atoms with Crippen molar-refractivity contribution >= 4 is 22.5 Å². The minimum atomic E-state index is -0.316. The van der Waals surface area contributed by atoms with E-state index in [1.54, 1.807) is 6.07 Å². The van der Waals surface area contributed by atoms with Gasteiger partial charge in [0.1, 0.15) is 0 Å². The third kappa shape index (κ3) is 2.85. The number of H-pyrrole nitrogens is 1. The molecule has 2 aromatic heterocycles. The molecule has 1 aromatic carbocycles. The molecule has 0 radical (unpaired) electrons. The van der Waals surface area contributed by atoms with Gasteiger partial charge in [0.25, 0.3) is 5.91 Å². The number of aryl methyl sites for hydroxylation is 3. The van der Waals surface area contributed by atoms with E-state index < -0.39 is 0 Å². The number of anilines is 1. The van der Waals surface area contributed by atoms with Crippen molar-refractivity contribution in [3.63, 3.8) is 0 Å². The highest BCUT2D eigenvalue weighted by molar-refractivity contribution is 6.12. The lowest BCUT2D eigenvalue weighted by molar-refractivity contribution is 0.102. The van der Waals surface area contributed by atoms with Crippen molar-refractivity contribution in [2.75, 3.05) is 5.32 Å². The maximum atomic E-state index is 12.7. The normalized spacial score (nSPS) is 10.7. The Balaban J connectivity index is 2.07. The minimum Gasteiger partial charge on any atom is -0.322 e. The highest BCUT2D eigenvalue weighted by Crippen LogP contribution is 2.21. The molecule has 0 aliphatic heterocycles. The van der Waals surface area contributed by atoms with Crippen LogP contribution in [0.15, 0.2) is 41.2 Å². The molecule has 5 heteroatoms. The van der Waals surface area contributed by atoms with Crippen LogP contribution in [-0.2, 0) is 0 Å². The molecule has 0 atom stereocenters. The lowest BCUT2D eigenvalue weighted by Crippen LogP contribution is -2.18. The number of aromatic nitrogens is 2. The summed E-state index contributed by atoms with van der Waals surface area (Å²) in [5.74, 6) is -0.316. The van der Waals surface area contributed by atoms with E-state index in [9.17, 15) is 9.59 Å². The van der Waals surface area contributed by atoms with E-state index in [0.29, 0.717) is 22.2 Å². The predicted octanol–water partition coefficient (Wildman–Crippen LogP) is 3.10. The summed E-state index contributed by atoms with van der Waals surface area (Å²) >= 11 is 0. The first-order chi connectivity index (χ1) is 11.0. The van der Waals surface area contributed by atoms with Crippen LogP contribution in [0.3, 0.4) is 0 Å². The van der Waals surface area contributed by atoms with Crippen LogP contribution in [0.2, 0.25) is 0 Å². The van der Waals surface area contributed by atoms with Crippen molar-refractivity contribution in [1.29, 1.82) is 0 Å². The second kappa shape index (κ2) is 5.68. The Morgan fingerprint density at radius 3 is 2.61 bits per heavy atom.